The van der Waals surface area contributed by atoms with Crippen LogP contribution in [0.15, 0.2) is 42.5 Å². The van der Waals surface area contributed by atoms with Crippen LogP contribution in [0.2, 0.25) is 0 Å². The number of hydrogen-bond acceptors (Lipinski definition) is 6. The number of anilines is 3. The Kier molecular flexibility index (Phi) is 7.05. The van der Waals surface area contributed by atoms with E-state index in [0.717, 1.165) is 68.1 Å². The molecule has 0 aliphatic carbocycles. The Morgan fingerprint density at radius 2 is 1.75 bits per heavy atom. The van der Waals surface area contributed by atoms with Gasteiger partial charge in [-0.3, -0.25) is 20.0 Å². The Morgan fingerprint density at radius 3 is 2.47 bits per heavy atom. The van der Waals surface area contributed by atoms with Gasteiger partial charge >= 0.3 is 6.09 Å². The van der Waals surface area contributed by atoms with Crippen LogP contribution in [0.25, 0.3) is 0 Å². The molecule has 3 aliphatic rings. The molecule has 2 unspecified atom stereocenters. The average molecular weight is 493 g/mol. The molecule has 0 bridgehead atoms. The van der Waals surface area contributed by atoms with E-state index < -0.39 is 0 Å². The fourth-order valence-electron chi connectivity index (χ4n) is 6.03. The molecule has 2 fully saturated rings. The number of nitrogens with one attached hydrogen (secondary N) is 1. The van der Waals surface area contributed by atoms with Gasteiger partial charge in [-0.2, -0.15) is 0 Å². The number of para-hydroxylation sites is 1. The predicted octanol–water partition coefficient (Wildman–Crippen LogP) is 4.90. The summed E-state index contributed by atoms with van der Waals surface area (Å²) in [5, 5.41) is 0. The van der Waals surface area contributed by atoms with Gasteiger partial charge < -0.3 is 14.5 Å². The fraction of sp³-hybridized carbons (Fsp3) is 0.500. The predicted molar refractivity (Wildman–Crippen MR) is 140 cm³/mol. The molecule has 2 atom stereocenters. The molecular weight excluding hydrogens is 456 g/mol. The molecule has 2 aromatic rings. The third-order valence-electron chi connectivity index (χ3n) is 7.58. The highest BCUT2D eigenvalue weighted by Crippen LogP contribution is 2.35. The van der Waals surface area contributed by atoms with Crippen molar-refractivity contribution in [1.29, 1.82) is 0 Å². The smallest absolute Gasteiger partial charge is 0.414 e. The number of amides is 2. The van der Waals surface area contributed by atoms with Crippen molar-refractivity contribution in [2.75, 3.05) is 48.6 Å². The monoisotopic (exact) mass is 492 g/mol. The van der Waals surface area contributed by atoms with Gasteiger partial charge in [0.15, 0.2) is 0 Å². The zero-order chi connectivity index (χ0) is 25.2. The highest BCUT2D eigenvalue weighted by molar-refractivity contribution is 5.96. The maximum absolute atomic E-state index is 13.3. The molecular formula is C28H36N4O4. The molecule has 36 heavy (non-hydrogen) atoms. The summed E-state index contributed by atoms with van der Waals surface area (Å²) in [6.07, 6.45) is 2.54. The minimum atomic E-state index is -0.266. The number of nitrogens with zero attached hydrogens (tertiary/aromatic N) is 3. The van der Waals surface area contributed by atoms with Crippen LogP contribution in [-0.2, 0) is 16.2 Å². The van der Waals surface area contributed by atoms with E-state index in [0.29, 0.717) is 24.0 Å². The van der Waals surface area contributed by atoms with E-state index in [1.807, 2.05) is 52.3 Å². The molecule has 5 rings (SSSR count). The van der Waals surface area contributed by atoms with Gasteiger partial charge in [-0.1, -0.05) is 32.0 Å². The number of rotatable bonds is 5. The van der Waals surface area contributed by atoms with Crippen LogP contribution in [0, 0.1) is 11.8 Å². The number of piperidine rings is 2. The van der Waals surface area contributed by atoms with Crippen LogP contribution < -0.4 is 15.3 Å². The summed E-state index contributed by atoms with van der Waals surface area (Å²) in [4.78, 5) is 37.3. The molecule has 2 amide bonds. The van der Waals surface area contributed by atoms with E-state index >= 15 is 0 Å². The van der Waals surface area contributed by atoms with E-state index in [2.05, 4.69) is 24.2 Å². The Bertz CT molecular complexity index is 1100. The zero-order valence-electron chi connectivity index (χ0n) is 21.4. The van der Waals surface area contributed by atoms with E-state index in [-0.39, 0.29) is 18.0 Å². The number of hydrogen-bond donors (Lipinski definition) is 1. The molecule has 2 saturated heterocycles. The van der Waals surface area contributed by atoms with Gasteiger partial charge in [-0.25, -0.2) is 4.79 Å². The van der Waals surface area contributed by atoms with Gasteiger partial charge in [0.25, 0.3) is 5.91 Å². The normalized spacial score (nSPS) is 22.8. The number of fused-ring (bicyclic) bond motifs is 1. The van der Waals surface area contributed by atoms with Crippen molar-refractivity contribution in [3.05, 3.63) is 53.6 Å². The largest absolute Gasteiger partial charge is 0.444 e. The lowest BCUT2D eigenvalue weighted by Gasteiger charge is -2.41. The topological polar surface area (TPSA) is 74.4 Å². The third kappa shape index (κ3) is 4.87. The maximum Gasteiger partial charge on any atom is 0.414 e. The lowest BCUT2D eigenvalue weighted by atomic mass is 9.91. The lowest BCUT2D eigenvalue weighted by Crippen LogP contribution is -2.49. The SMILES string of the molecule is CONc1cc(C(=O)N2CC(C)CC(C)C2)ccc1N1CCC(N2C(=O)OCc3ccccc32)CC1. The summed E-state index contributed by atoms with van der Waals surface area (Å²) < 4.78 is 5.44. The first-order valence-electron chi connectivity index (χ1n) is 13.0. The molecule has 0 aromatic heterocycles. The van der Waals surface area contributed by atoms with E-state index in [9.17, 15) is 9.59 Å². The van der Waals surface area contributed by atoms with Crippen molar-refractivity contribution in [2.24, 2.45) is 11.8 Å². The molecule has 8 heteroatoms. The van der Waals surface area contributed by atoms with Crippen LogP contribution in [0.3, 0.4) is 0 Å². The second-order valence-electron chi connectivity index (χ2n) is 10.5. The number of likely N-dealkylation sites (tertiary alicyclic amines) is 1. The minimum absolute atomic E-state index is 0.0695. The molecule has 2 aromatic carbocycles. The average Bonchev–Trinajstić information content (AvgIpc) is 2.88. The summed E-state index contributed by atoms with van der Waals surface area (Å²) in [6, 6.07) is 13.9. The lowest BCUT2D eigenvalue weighted by molar-refractivity contribution is 0.0623. The molecule has 0 saturated carbocycles. The number of cyclic esters (lactones) is 1. The van der Waals surface area contributed by atoms with Crippen molar-refractivity contribution in [2.45, 2.75) is 45.8 Å². The van der Waals surface area contributed by atoms with E-state index in [4.69, 9.17) is 9.57 Å². The number of benzene rings is 2. The molecule has 192 valence electrons. The summed E-state index contributed by atoms with van der Waals surface area (Å²) in [5.74, 6) is 1.10. The van der Waals surface area contributed by atoms with Gasteiger partial charge in [-0.15, -0.1) is 0 Å². The molecule has 8 nitrogen and oxygen atoms in total. The van der Waals surface area contributed by atoms with Gasteiger partial charge in [0.2, 0.25) is 0 Å². The summed E-state index contributed by atoms with van der Waals surface area (Å²) >= 11 is 0. The Balaban J connectivity index is 1.30. The van der Waals surface area contributed by atoms with E-state index in [1.54, 1.807) is 7.11 Å². The van der Waals surface area contributed by atoms with Crippen LogP contribution in [0.1, 0.15) is 49.0 Å². The highest BCUT2D eigenvalue weighted by Gasteiger charge is 2.34. The van der Waals surface area contributed by atoms with Gasteiger partial charge in [0.1, 0.15) is 6.61 Å². The second-order valence-corrected chi connectivity index (χ2v) is 10.5. The van der Waals surface area contributed by atoms with Crippen LogP contribution >= 0.6 is 0 Å². The first-order chi connectivity index (χ1) is 17.4. The summed E-state index contributed by atoms with van der Waals surface area (Å²) in [6.45, 7) is 7.91. The molecule has 3 heterocycles. The van der Waals surface area contributed by atoms with E-state index in [1.165, 1.54) is 0 Å². The molecule has 0 radical (unpaired) electrons. The standard InChI is InChI=1S/C28H36N4O4/c1-19-14-20(2)17-31(16-19)27(33)21-8-9-26(24(15-21)29-35-3)30-12-10-23(11-13-30)32-25-7-5-4-6-22(25)18-36-28(32)34/h4-9,15,19-20,23,29H,10-14,16-18H2,1-3H3. The maximum atomic E-state index is 13.3. The van der Waals surface area contributed by atoms with Crippen LogP contribution in [0.4, 0.5) is 21.9 Å². The fourth-order valence-corrected chi connectivity index (χ4v) is 6.03. The second kappa shape index (κ2) is 10.4. The number of carbonyl (C=O) groups is 2. The summed E-state index contributed by atoms with van der Waals surface area (Å²) in [7, 11) is 1.58. The van der Waals surface area contributed by atoms with Crippen LogP contribution in [0.5, 0.6) is 0 Å². The Morgan fingerprint density at radius 1 is 1.03 bits per heavy atom. The highest BCUT2D eigenvalue weighted by atomic mass is 16.6. The van der Waals surface area contributed by atoms with Crippen molar-refractivity contribution < 1.29 is 19.2 Å². The molecule has 1 N–H and O–H groups in total. The van der Waals surface area contributed by atoms with Gasteiger partial charge in [-0.05, 0) is 55.4 Å². The number of carbonyl (C=O) groups excluding carboxylic acids is 2. The first-order valence-corrected chi connectivity index (χ1v) is 13.0. The van der Waals surface area contributed by atoms with Gasteiger partial charge in [0, 0.05) is 43.3 Å². The first kappa shape index (κ1) is 24.4. The third-order valence-corrected chi connectivity index (χ3v) is 7.58. The Labute approximate surface area is 213 Å². The minimum Gasteiger partial charge on any atom is -0.444 e. The Hall–Kier alpha value is -3.26. The molecule has 3 aliphatic heterocycles. The van der Waals surface area contributed by atoms with Crippen molar-refractivity contribution in [1.82, 2.24) is 4.90 Å². The van der Waals surface area contributed by atoms with Crippen molar-refractivity contribution >= 4 is 29.1 Å². The summed E-state index contributed by atoms with van der Waals surface area (Å²) in [5.41, 5.74) is 7.43. The van der Waals surface area contributed by atoms with Crippen molar-refractivity contribution in [3.8, 4) is 0 Å². The zero-order valence-corrected chi connectivity index (χ0v) is 21.4. The number of ether oxygens (including phenoxy) is 1. The van der Waals surface area contributed by atoms with Crippen LogP contribution in [-0.4, -0.2) is 56.2 Å². The quantitative estimate of drug-likeness (QED) is 0.599. The molecule has 0 spiro atoms. The van der Waals surface area contributed by atoms with Gasteiger partial charge in [0.05, 0.1) is 24.2 Å². The van der Waals surface area contributed by atoms with Crippen molar-refractivity contribution in [3.63, 3.8) is 0 Å².